The van der Waals surface area contributed by atoms with E-state index in [1.54, 1.807) is 15.9 Å². The number of carbonyl (C=O) groups is 3. The summed E-state index contributed by atoms with van der Waals surface area (Å²) >= 11 is 0. The number of hydrogen-bond acceptors (Lipinski definition) is 4. The van der Waals surface area contributed by atoms with Crippen LogP contribution in [0, 0.1) is 0 Å². The molecule has 3 aliphatic rings. The third-order valence-electron chi connectivity index (χ3n) is 6.04. The van der Waals surface area contributed by atoms with Crippen LogP contribution in [0.3, 0.4) is 0 Å². The number of amides is 3. The van der Waals surface area contributed by atoms with E-state index in [1.807, 2.05) is 47.4 Å². The molecule has 3 aliphatic heterocycles. The van der Waals surface area contributed by atoms with E-state index in [-0.39, 0.29) is 17.7 Å². The number of anilines is 1. The van der Waals surface area contributed by atoms with Crippen molar-refractivity contribution in [2.24, 2.45) is 0 Å². The highest BCUT2D eigenvalue weighted by atomic mass is 16.5. The van der Waals surface area contributed by atoms with Gasteiger partial charge in [-0.25, -0.2) is 0 Å². The van der Waals surface area contributed by atoms with Gasteiger partial charge in [-0.1, -0.05) is 30.3 Å². The number of carbonyl (C=O) groups excluding carboxylic acids is 3. The molecule has 0 bridgehead atoms. The average molecular weight is 405 g/mol. The Bertz CT molecular complexity index is 1020. The summed E-state index contributed by atoms with van der Waals surface area (Å²) in [6.07, 6.45) is 0.452. The lowest BCUT2D eigenvalue weighted by Gasteiger charge is -2.41. The molecule has 0 spiro atoms. The van der Waals surface area contributed by atoms with Crippen molar-refractivity contribution in [2.45, 2.75) is 19.0 Å². The molecule has 1 atom stereocenters. The van der Waals surface area contributed by atoms with Crippen molar-refractivity contribution in [3.63, 3.8) is 0 Å². The Morgan fingerprint density at radius 3 is 2.43 bits per heavy atom. The summed E-state index contributed by atoms with van der Waals surface area (Å²) in [6.45, 7) is 2.79. The highest BCUT2D eigenvalue weighted by Crippen LogP contribution is 2.45. The first kappa shape index (κ1) is 18.8. The van der Waals surface area contributed by atoms with Crippen LogP contribution >= 0.6 is 0 Å². The third-order valence-corrected chi connectivity index (χ3v) is 6.04. The quantitative estimate of drug-likeness (QED) is 0.784. The van der Waals surface area contributed by atoms with Gasteiger partial charge in [-0.05, 0) is 24.6 Å². The number of benzene rings is 2. The van der Waals surface area contributed by atoms with Crippen molar-refractivity contribution in [1.82, 2.24) is 9.80 Å². The van der Waals surface area contributed by atoms with Gasteiger partial charge in [0.15, 0.2) is 0 Å². The molecule has 30 heavy (non-hydrogen) atoms. The fourth-order valence-corrected chi connectivity index (χ4v) is 4.57. The smallest absolute Gasteiger partial charge is 0.260 e. The van der Waals surface area contributed by atoms with Gasteiger partial charge in [0.2, 0.25) is 5.91 Å². The van der Waals surface area contributed by atoms with Gasteiger partial charge in [0.25, 0.3) is 11.8 Å². The summed E-state index contributed by atoms with van der Waals surface area (Å²) in [5.74, 6) is -0.108. The molecule has 1 saturated heterocycles. The van der Waals surface area contributed by atoms with E-state index >= 15 is 0 Å². The van der Waals surface area contributed by atoms with E-state index in [9.17, 15) is 14.4 Å². The Balaban J connectivity index is 1.41. The lowest BCUT2D eigenvalue weighted by atomic mass is 10.0. The molecular formula is C23H23N3O4. The van der Waals surface area contributed by atoms with Gasteiger partial charge in [0.1, 0.15) is 6.17 Å². The normalized spacial score (nSPS) is 20.1. The molecule has 2 aromatic rings. The zero-order valence-corrected chi connectivity index (χ0v) is 16.6. The maximum atomic E-state index is 13.3. The van der Waals surface area contributed by atoms with Crippen molar-refractivity contribution in [2.75, 3.05) is 37.7 Å². The van der Waals surface area contributed by atoms with Gasteiger partial charge in [-0.15, -0.1) is 0 Å². The Kier molecular flexibility index (Phi) is 4.75. The number of hydrogen-bond donors (Lipinski definition) is 0. The van der Waals surface area contributed by atoms with Crippen molar-refractivity contribution in [1.29, 1.82) is 0 Å². The Labute approximate surface area is 174 Å². The summed E-state index contributed by atoms with van der Waals surface area (Å²) in [5, 5.41) is 0. The lowest BCUT2D eigenvalue weighted by Crippen LogP contribution is -2.48. The van der Waals surface area contributed by atoms with Crippen molar-refractivity contribution in [3.05, 3.63) is 65.2 Å². The molecule has 1 fully saturated rings. The summed E-state index contributed by atoms with van der Waals surface area (Å²) in [6, 6.07) is 14.7. The molecule has 7 heteroatoms. The van der Waals surface area contributed by atoms with Crippen LogP contribution in [-0.2, 0) is 9.53 Å². The van der Waals surface area contributed by atoms with Gasteiger partial charge in [0, 0.05) is 37.2 Å². The largest absolute Gasteiger partial charge is 0.378 e. The molecular weight excluding hydrogens is 382 g/mol. The van der Waals surface area contributed by atoms with E-state index in [0.29, 0.717) is 62.5 Å². The number of rotatable bonds is 4. The predicted molar refractivity (Wildman–Crippen MR) is 110 cm³/mol. The predicted octanol–water partition coefficient (Wildman–Crippen LogP) is 2.44. The van der Waals surface area contributed by atoms with E-state index in [4.69, 9.17) is 4.74 Å². The van der Waals surface area contributed by atoms with Crippen LogP contribution in [0.2, 0.25) is 0 Å². The fourth-order valence-electron chi connectivity index (χ4n) is 4.57. The van der Waals surface area contributed by atoms with Crippen LogP contribution in [0.25, 0.3) is 0 Å². The summed E-state index contributed by atoms with van der Waals surface area (Å²) in [4.78, 5) is 44.2. The number of morpholine rings is 1. The minimum absolute atomic E-state index is 0.0860. The summed E-state index contributed by atoms with van der Waals surface area (Å²) in [5.41, 5.74) is 2.63. The van der Waals surface area contributed by atoms with Crippen LogP contribution in [0.1, 0.15) is 45.3 Å². The third kappa shape index (κ3) is 2.97. The molecule has 0 radical (unpaired) electrons. The van der Waals surface area contributed by atoms with Crippen LogP contribution in [0.5, 0.6) is 0 Å². The van der Waals surface area contributed by atoms with Crippen molar-refractivity contribution < 1.29 is 19.1 Å². The zero-order valence-electron chi connectivity index (χ0n) is 16.6. The molecule has 0 saturated carbocycles. The van der Waals surface area contributed by atoms with Gasteiger partial charge < -0.3 is 14.5 Å². The highest BCUT2D eigenvalue weighted by Gasteiger charge is 2.47. The average Bonchev–Trinajstić information content (AvgIpc) is 3.09. The zero-order chi connectivity index (χ0) is 20.7. The standard InChI is InChI=1S/C23H23N3O4/c27-20(24-12-14-30-15-13-24)10-5-11-25-21-16-6-1-2-7-17(16)23(29)26(21)19-9-4-3-8-18(19)22(25)28/h1-4,6-9,21H,5,10-15H2/t21-/m0/s1. The Morgan fingerprint density at radius 1 is 0.933 bits per heavy atom. The summed E-state index contributed by atoms with van der Waals surface area (Å²) in [7, 11) is 0. The second-order valence-corrected chi connectivity index (χ2v) is 7.75. The monoisotopic (exact) mass is 405 g/mol. The lowest BCUT2D eigenvalue weighted by molar-refractivity contribution is -0.135. The van der Waals surface area contributed by atoms with Gasteiger partial charge in [0.05, 0.1) is 24.5 Å². The van der Waals surface area contributed by atoms with Crippen LogP contribution < -0.4 is 4.90 Å². The molecule has 154 valence electrons. The van der Waals surface area contributed by atoms with E-state index < -0.39 is 6.17 Å². The minimum Gasteiger partial charge on any atom is -0.378 e. The fraction of sp³-hybridized carbons (Fsp3) is 0.348. The van der Waals surface area contributed by atoms with E-state index in [0.717, 1.165) is 5.56 Å². The first-order valence-electron chi connectivity index (χ1n) is 10.3. The molecule has 7 nitrogen and oxygen atoms in total. The van der Waals surface area contributed by atoms with E-state index in [2.05, 4.69) is 0 Å². The maximum absolute atomic E-state index is 13.3. The maximum Gasteiger partial charge on any atom is 0.260 e. The summed E-state index contributed by atoms with van der Waals surface area (Å²) < 4.78 is 5.30. The van der Waals surface area contributed by atoms with Crippen LogP contribution in [-0.4, -0.2) is 60.4 Å². The second-order valence-electron chi connectivity index (χ2n) is 7.75. The van der Waals surface area contributed by atoms with Gasteiger partial charge >= 0.3 is 0 Å². The first-order chi connectivity index (χ1) is 14.7. The number of ether oxygens (including phenoxy) is 1. The Hall–Kier alpha value is -3.19. The molecule has 0 aliphatic carbocycles. The van der Waals surface area contributed by atoms with Crippen LogP contribution in [0.15, 0.2) is 48.5 Å². The SMILES string of the molecule is O=C(CCCN1C(=O)c2ccccc2N2C(=O)c3ccccc3[C@@H]12)N1CCOCC1. The van der Waals surface area contributed by atoms with Crippen molar-refractivity contribution >= 4 is 23.4 Å². The molecule has 3 amide bonds. The molecule has 0 unspecified atom stereocenters. The van der Waals surface area contributed by atoms with Crippen LogP contribution in [0.4, 0.5) is 5.69 Å². The van der Waals surface area contributed by atoms with Gasteiger partial charge in [-0.3, -0.25) is 19.3 Å². The molecule has 2 aromatic carbocycles. The van der Waals surface area contributed by atoms with Crippen molar-refractivity contribution in [3.8, 4) is 0 Å². The highest BCUT2D eigenvalue weighted by molar-refractivity contribution is 6.16. The van der Waals surface area contributed by atoms with Gasteiger partial charge in [-0.2, -0.15) is 0 Å². The van der Waals surface area contributed by atoms with E-state index in [1.165, 1.54) is 0 Å². The molecule has 0 N–H and O–H groups in total. The molecule has 0 aromatic heterocycles. The number of nitrogens with zero attached hydrogens (tertiary/aromatic N) is 3. The topological polar surface area (TPSA) is 70.2 Å². The molecule has 3 heterocycles. The second kappa shape index (κ2) is 7.57. The molecule has 5 rings (SSSR count). The Morgan fingerprint density at radius 2 is 1.63 bits per heavy atom. The minimum atomic E-state index is -0.463. The number of para-hydroxylation sites is 1. The first-order valence-corrected chi connectivity index (χ1v) is 10.3. The number of fused-ring (bicyclic) bond motifs is 5.